The highest BCUT2D eigenvalue weighted by molar-refractivity contribution is 5.14. The van der Waals surface area contributed by atoms with E-state index in [4.69, 9.17) is 0 Å². The van der Waals surface area contributed by atoms with E-state index >= 15 is 0 Å². The highest BCUT2D eigenvalue weighted by Gasteiger charge is 2.42. The Bertz CT molecular complexity index is 328. The first kappa shape index (κ1) is 15.8. The molecule has 1 N–H and O–H groups in total. The Labute approximate surface area is 124 Å². The molecule has 0 aromatic heterocycles. The number of nitriles is 1. The van der Waals surface area contributed by atoms with Crippen molar-refractivity contribution in [3.63, 3.8) is 0 Å². The maximum absolute atomic E-state index is 9.60. The zero-order valence-corrected chi connectivity index (χ0v) is 13.3. The van der Waals surface area contributed by atoms with Gasteiger partial charge in [-0.15, -0.1) is 0 Å². The molecule has 2 rings (SSSR count). The van der Waals surface area contributed by atoms with E-state index in [1.54, 1.807) is 0 Å². The summed E-state index contributed by atoms with van der Waals surface area (Å²) in [5.74, 6) is 1.51. The average molecular weight is 277 g/mol. The lowest BCUT2D eigenvalue weighted by atomic mass is 9.85. The van der Waals surface area contributed by atoms with Crippen LogP contribution in [0.5, 0.6) is 0 Å². The highest BCUT2D eigenvalue weighted by Crippen LogP contribution is 2.37. The van der Waals surface area contributed by atoms with Crippen molar-refractivity contribution in [3.05, 3.63) is 0 Å². The van der Waals surface area contributed by atoms with Crippen molar-refractivity contribution >= 4 is 0 Å². The number of nitrogens with one attached hydrogen (secondary N) is 1. The first-order valence-corrected chi connectivity index (χ1v) is 8.62. The van der Waals surface area contributed by atoms with Crippen LogP contribution in [0.15, 0.2) is 0 Å². The van der Waals surface area contributed by atoms with Crippen molar-refractivity contribution in [3.8, 4) is 6.07 Å². The van der Waals surface area contributed by atoms with Crippen molar-refractivity contribution in [2.45, 2.75) is 64.3 Å². The van der Waals surface area contributed by atoms with Gasteiger partial charge < -0.3 is 4.90 Å². The topological polar surface area (TPSA) is 39.1 Å². The van der Waals surface area contributed by atoms with Crippen LogP contribution >= 0.6 is 0 Å². The van der Waals surface area contributed by atoms with E-state index in [-0.39, 0.29) is 5.54 Å². The van der Waals surface area contributed by atoms with Crippen molar-refractivity contribution in [1.29, 1.82) is 5.26 Å². The molecule has 2 unspecified atom stereocenters. The molecule has 0 spiro atoms. The summed E-state index contributed by atoms with van der Waals surface area (Å²) in [5.41, 5.74) is -0.226. The molecule has 1 aliphatic carbocycles. The van der Waals surface area contributed by atoms with Gasteiger partial charge >= 0.3 is 0 Å². The molecular formula is C17H31N3. The van der Waals surface area contributed by atoms with Crippen LogP contribution in [-0.4, -0.2) is 36.6 Å². The fraction of sp³-hybridized carbons (Fsp3) is 0.941. The predicted octanol–water partition coefficient (Wildman–Crippen LogP) is 3.17. The second-order valence-electron chi connectivity index (χ2n) is 6.68. The third-order valence-electron chi connectivity index (χ3n) is 5.59. The van der Waals surface area contributed by atoms with E-state index in [0.29, 0.717) is 5.92 Å². The Morgan fingerprint density at radius 2 is 2.00 bits per heavy atom. The van der Waals surface area contributed by atoms with Gasteiger partial charge in [0, 0.05) is 0 Å². The van der Waals surface area contributed by atoms with Gasteiger partial charge in [-0.05, 0) is 70.1 Å². The minimum Gasteiger partial charge on any atom is -0.303 e. The van der Waals surface area contributed by atoms with Gasteiger partial charge in [-0.2, -0.15) is 5.26 Å². The molecule has 1 aliphatic heterocycles. The van der Waals surface area contributed by atoms with Crippen LogP contribution in [0.2, 0.25) is 0 Å². The molecule has 2 fully saturated rings. The minimum absolute atomic E-state index is 0.226. The molecule has 1 saturated carbocycles. The second-order valence-corrected chi connectivity index (χ2v) is 6.68. The third kappa shape index (κ3) is 3.54. The summed E-state index contributed by atoms with van der Waals surface area (Å²) < 4.78 is 0. The molecule has 20 heavy (non-hydrogen) atoms. The van der Waals surface area contributed by atoms with Gasteiger partial charge in [-0.25, -0.2) is 0 Å². The Kier molecular flexibility index (Phi) is 5.86. The molecule has 3 heteroatoms. The quantitative estimate of drug-likeness (QED) is 0.810. The van der Waals surface area contributed by atoms with Gasteiger partial charge in [0.25, 0.3) is 0 Å². The molecule has 2 atom stereocenters. The smallest absolute Gasteiger partial charge is 0.109 e. The van der Waals surface area contributed by atoms with Gasteiger partial charge in [0.2, 0.25) is 0 Å². The first-order chi connectivity index (χ1) is 9.74. The molecule has 0 aromatic carbocycles. The number of hydrogen-bond acceptors (Lipinski definition) is 3. The van der Waals surface area contributed by atoms with E-state index in [9.17, 15) is 5.26 Å². The van der Waals surface area contributed by atoms with E-state index < -0.39 is 0 Å². The lowest BCUT2D eigenvalue weighted by molar-refractivity contribution is 0.163. The summed E-state index contributed by atoms with van der Waals surface area (Å²) in [6.07, 6.45) is 8.76. The summed E-state index contributed by atoms with van der Waals surface area (Å²) in [6.45, 7) is 9.07. The average Bonchev–Trinajstić information content (AvgIpc) is 2.89. The maximum atomic E-state index is 9.60. The molecule has 1 saturated heterocycles. The zero-order valence-electron chi connectivity index (χ0n) is 13.3. The van der Waals surface area contributed by atoms with Crippen LogP contribution in [0.3, 0.4) is 0 Å². The Morgan fingerprint density at radius 3 is 2.60 bits per heavy atom. The van der Waals surface area contributed by atoms with Crippen molar-refractivity contribution < 1.29 is 0 Å². The maximum Gasteiger partial charge on any atom is 0.109 e. The minimum atomic E-state index is -0.226. The van der Waals surface area contributed by atoms with Crippen molar-refractivity contribution in [1.82, 2.24) is 10.2 Å². The predicted molar refractivity (Wildman–Crippen MR) is 83.4 cm³/mol. The lowest BCUT2D eigenvalue weighted by Crippen LogP contribution is -2.48. The van der Waals surface area contributed by atoms with Crippen LogP contribution < -0.4 is 5.32 Å². The summed E-state index contributed by atoms with van der Waals surface area (Å²) in [5, 5.41) is 13.1. The van der Waals surface area contributed by atoms with E-state index in [1.165, 1.54) is 58.2 Å². The molecule has 0 bridgehead atoms. The summed E-state index contributed by atoms with van der Waals surface area (Å²) in [4.78, 5) is 2.62. The molecule has 0 radical (unpaired) electrons. The molecule has 0 aromatic rings. The normalized spacial score (nSPS) is 32.4. The monoisotopic (exact) mass is 277 g/mol. The fourth-order valence-corrected chi connectivity index (χ4v) is 4.16. The van der Waals surface area contributed by atoms with Gasteiger partial charge in [0.1, 0.15) is 5.54 Å². The van der Waals surface area contributed by atoms with Crippen LogP contribution in [0.1, 0.15) is 58.8 Å². The third-order valence-corrected chi connectivity index (χ3v) is 5.59. The number of piperidine rings is 1. The summed E-state index contributed by atoms with van der Waals surface area (Å²) >= 11 is 0. The molecule has 114 valence electrons. The SMILES string of the molecule is CCNC1(C#N)CCCC1CCN1CCC(CC)CC1. The van der Waals surface area contributed by atoms with E-state index in [1.807, 2.05) is 0 Å². The molecule has 2 aliphatic rings. The first-order valence-electron chi connectivity index (χ1n) is 8.62. The van der Waals surface area contributed by atoms with E-state index in [0.717, 1.165) is 18.9 Å². The van der Waals surface area contributed by atoms with Crippen LogP contribution in [-0.2, 0) is 0 Å². The zero-order chi connectivity index (χ0) is 14.4. The Balaban J connectivity index is 1.80. The van der Waals surface area contributed by atoms with Gasteiger partial charge in [-0.3, -0.25) is 5.32 Å². The van der Waals surface area contributed by atoms with Crippen LogP contribution in [0.4, 0.5) is 0 Å². The number of hydrogen-bond donors (Lipinski definition) is 1. The van der Waals surface area contributed by atoms with Crippen molar-refractivity contribution in [2.24, 2.45) is 11.8 Å². The van der Waals surface area contributed by atoms with Crippen LogP contribution in [0.25, 0.3) is 0 Å². The van der Waals surface area contributed by atoms with Crippen molar-refractivity contribution in [2.75, 3.05) is 26.2 Å². The lowest BCUT2D eigenvalue weighted by Gasteiger charge is -2.34. The standard InChI is InChI=1S/C17H31N3/c1-3-15-7-11-20(12-8-15)13-9-16-6-5-10-17(16,14-18)19-4-2/h15-16,19H,3-13H2,1-2H3. The number of nitrogens with zero attached hydrogens (tertiary/aromatic N) is 2. The van der Waals surface area contributed by atoms with Crippen LogP contribution in [0, 0.1) is 23.2 Å². The number of rotatable bonds is 6. The summed E-state index contributed by atoms with van der Waals surface area (Å²) in [7, 11) is 0. The molecule has 3 nitrogen and oxygen atoms in total. The Morgan fingerprint density at radius 1 is 1.25 bits per heavy atom. The Hall–Kier alpha value is -0.590. The molecule has 1 heterocycles. The largest absolute Gasteiger partial charge is 0.303 e. The summed E-state index contributed by atoms with van der Waals surface area (Å²) in [6, 6.07) is 2.60. The molecule has 0 amide bonds. The highest BCUT2D eigenvalue weighted by atomic mass is 15.1. The van der Waals surface area contributed by atoms with Gasteiger partial charge in [0.05, 0.1) is 6.07 Å². The van der Waals surface area contributed by atoms with E-state index in [2.05, 4.69) is 30.1 Å². The fourth-order valence-electron chi connectivity index (χ4n) is 4.16. The van der Waals surface area contributed by atoms with Gasteiger partial charge in [0.15, 0.2) is 0 Å². The molecular weight excluding hydrogens is 246 g/mol. The van der Waals surface area contributed by atoms with Gasteiger partial charge in [-0.1, -0.05) is 26.7 Å². The second kappa shape index (κ2) is 7.43. The number of likely N-dealkylation sites (tertiary alicyclic amines) is 1.